The SMILES string of the molecule is C/C=C/CCCCC[C@@H]1C=C2C(OCc3ccc(OC)cc3)C(C(=O)CCC23COC(C)(C)OC3)[C@H]1C[C@H](O)CO. The monoisotopic (exact) mass is 570 g/mol. The van der Waals surface area contributed by atoms with Gasteiger partial charge < -0.3 is 29.2 Å². The third-order valence-electron chi connectivity index (χ3n) is 9.25. The minimum absolute atomic E-state index is 0.104. The summed E-state index contributed by atoms with van der Waals surface area (Å²) in [6.45, 7) is 6.90. The van der Waals surface area contributed by atoms with Crippen molar-refractivity contribution in [2.75, 3.05) is 26.9 Å². The molecule has 1 aromatic rings. The molecule has 2 unspecified atom stereocenters. The first kappa shape index (κ1) is 31.9. The van der Waals surface area contributed by atoms with Crippen LogP contribution in [-0.2, 0) is 25.6 Å². The predicted molar refractivity (Wildman–Crippen MR) is 158 cm³/mol. The molecule has 1 saturated carbocycles. The lowest BCUT2D eigenvalue weighted by Gasteiger charge is -2.49. The summed E-state index contributed by atoms with van der Waals surface area (Å²) in [6, 6.07) is 7.79. The van der Waals surface area contributed by atoms with Gasteiger partial charge in [0.25, 0.3) is 0 Å². The molecular formula is C34H50O7. The highest BCUT2D eigenvalue weighted by atomic mass is 16.7. The fourth-order valence-corrected chi connectivity index (χ4v) is 6.81. The van der Waals surface area contributed by atoms with Crippen molar-refractivity contribution in [1.29, 1.82) is 0 Å². The minimum Gasteiger partial charge on any atom is -0.497 e. The highest BCUT2D eigenvalue weighted by Crippen LogP contribution is 2.53. The number of unbranched alkanes of at least 4 members (excludes halogenated alkanes) is 3. The van der Waals surface area contributed by atoms with Gasteiger partial charge in [0.05, 0.1) is 51.7 Å². The molecule has 2 fully saturated rings. The number of hydrogen-bond acceptors (Lipinski definition) is 7. The topological polar surface area (TPSA) is 94.5 Å². The molecule has 4 rings (SSSR count). The first-order chi connectivity index (χ1) is 19.7. The Morgan fingerprint density at radius 3 is 2.51 bits per heavy atom. The Bertz CT molecular complexity index is 1030. The number of allylic oxidation sites excluding steroid dienone is 3. The van der Waals surface area contributed by atoms with Crippen LogP contribution in [0.25, 0.3) is 0 Å². The van der Waals surface area contributed by atoms with E-state index >= 15 is 0 Å². The molecular weight excluding hydrogens is 520 g/mol. The molecule has 41 heavy (non-hydrogen) atoms. The van der Waals surface area contributed by atoms with Crippen LogP contribution in [0.2, 0.25) is 0 Å². The van der Waals surface area contributed by atoms with Crippen LogP contribution in [0.15, 0.2) is 48.1 Å². The van der Waals surface area contributed by atoms with Crippen LogP contribution in [0.5, 0.6) is 5.75 Å². The highest BCUT2D eigenvalue weighted by molar-refractivity contribution is 5.83. The first-order valence-corrected chi connectivity index (χ1v) is 15.4. The number of benzene rings is 1. The van der Waals surface area contributed by atoms with E-state index in [1.807, 2.05) is 45.0 Å². The minimum atomic E-state index is -0.874. The van der Waals surface area contributed by atoms with Crippen molar-refractivity contribution in [3.05, 3.63) is 53.6 Å². The summed E-state index contributed by atoms with van der Waals surface area (Å²) >= 11 is 0. The fraction of sp³-hybridized carbons (Fsp3) is 0.676. The summed E-state index contributed by atoms with van der Waals surface area (Å²) in [5, 5.41) is 20.4. The number of methoxy groups -OCH3 is 1. The van der Waals surface area contributed by atoms with Crippen LogP contribution < -0.4 is 4.74 Å². The molecule has 7 heteroatoms. The lowest BCUT2D eigenvalue weighted by atomic mass is 9.63. The average Bonchev–Trinajstić information content (AvgIpc) is 3.05. The van der Waals surface area contributed by atoms with E-state index in [2.05, 4.69) is 18.2 Å². The third kappa shape index (κ3) is 7.88. The van der Waals surface area contributed by atoms with Crippen molar-refractivity contribution in [3.8, 4) is 5.75 Å². The zero-order valence-electron chi connectivity index (χ0n) is 25.3. The maximum atomic E-state index is 14.0. The molecule has 0 aromatic heterocycles. The number of carbonyl (C=O) groups excluding carboxylic acids is 1. The molecule has 2 aliphatic carbocycles. The third-order valence-corrected chi connectivity index (χ3v) is 9.25. The van der Waals surface area contributed by atoms with Crippen molar-refractivity contribution in [2.24, 2.45) is 23.2 Å². The van der Waals surface area contributed by atoms with E-state index in [0.717, 1.165) is 49.0 Å². The largest absolute Gasteiger partial charge is 0.497 e. The molecule has 1 spiro atoms. The molecule has 5 atom stereocenters. The molecule has 1 saturated heterocycles. The molecule has 1 aliphatic heterocycles. The molecule has 7 nitrogen and oxygen atoms in total. The van der Waals surface area contributed by atoms with Gasteiger partial charge in [-0.1, -0.05) is 43.2 Å². The number of ether oxygens (including phenoxy) is 4. The predicted octanol–water partition coefficient (Wildman–Crippen LogP) is 5.77. The number of Topliss-reactive ketones (excluding diaryl/α,β-unsaturated/α-hetero) is 1. The number of aliphatic hydroxyl groups excluding tert-OH is 2. The second-order valence-electron chi connectivity index (χ2n) is 12.6. The van der Waals surface area contributed by atoms with Gasteiger partial charge in [-0.15, -0.1) is 0 Å². The van der Waals surface area contributed by atoms with E-state index in [1.165, 1.54) is 0 Å². The van der Waals surface area contributed by atoms with Crippen LogP contribution in [0.4, 0.5) is 0 Å². The first-order valence-electron chi connectivity index (χ1n) is 15.4. The second kappa shape index (κ2) is 14.4. The van der Waals surface area contributed by atoms with Crippen LogP contribution >= 0.6 is 0 Å². The maximum Gasteiger partial charge on any atom is 0.162 e. The van der Waals surface area contributed by atoms with Gasteiger partial charge in [0.2, 0.25) is 0 Å². The summed E-state index contributed by atoms with van der Waals surface area (Å²) in [5.74, 6) is -0.116. The van der Waals surface area contributed by atoms with Crippen LogP contribution in [0.1, 0.15) is 77.7 Å². The van der Waals surface area contributed by atoms with Crippen molar-refractivity contribution >= 4 is 5.78 Å². The Kier molecular flexibility index (Phi) is 11.2. The molecule has 228 valence electrons. The average molecular weight is 571 g/mol. The lowest BCUT2D eigenvalue weighted by molar-refractivity contribution is -0.281. The van der Waals surface area contributed by atoms with E-state index < -0.39 is 29.3 Å². The van der Waals surface area contributed by atoms with E-state index in [9.17, 15) is 15.0 Å². The molecule has 2 bridgehead atoms. The molecule has 1 aromatic carbocycles. The summed E-state index contributed by atoms with van der Waals surface area (Å²) in [4.78, 5) is 14.0. The molecule has 2 N–H and O–H groups in total. The number of aliphatic hydroxyl groups is 2. The van der Waals surface area contributed by atoms with Crippen LogP contribution in [0, 0.1) is 23.2 Å². The molecule has 0 amide bonds. The Morgan fingerprint density at radius 2 is 1.85 bits per heavy atom. The van der Waals surface area contributed by atoms with Gasteiger partial charge >= 0.3 is 0 Å². The Hall–Kier alpha value is -2.03. The van der Waals surface area contributed by atoms with E-state index in [0.29, 0.717) is 39.1 Å². The number of carbonyl (C=O) groups is 1. The zero-order valence-corrected chi connectivity index (χ0v) is 25.3. The van der Waals surface area contributed by atoms with Crippen LogP contribution in [0.3, 0.4) is 0 Å². The van der Waals surface area contributed by atoms with Gasteiger partial charge in [-0.05, 0) is 88.0 Å². The van der Waals surface area contributed by atoms with E-state index in [1.54, 1.807) is 7.11 Å². The number of fused-ring (bicyclic) bond motifs is 3. The van der Waals surface area contributed by atoms with Gasteiger partial charge in [0.15, 0.2) is 5.79 Å². The molecule has 3 aliphatic rings. The normalized spacial score (nSPS) is 28.0. The standard InChI is InChI=1S/C34H50O7/c1-5-6-7-8-9-10-11-25-18-29-32(39-21-24-12-14-27(38-4)15-13-24)31(28(25)19-26(36)20-35)30(37)16-17-34(29)22-40-33(2,3)41-23-34/h5-6,12-15,18,25-26,28,31-32,35-36H,7-11,16-17,19-23H2,1-4H3/b6-5+/t25-,26+,28+,31?,32?/m1/s1. The highest BCUT2D eigenvalue weighted by Gasteiger charge is 2.55. The number of rotatable bonds is 13. The number of ketones is 1. The Balaban J connectivity index is 1.68. The fourth-order valence-electron chi connectivity index (χ4n) is 6.81. The maximum absolute atomic E-state index is 14.0. The van der Waals surface area contributed by atoms with E-state index in [4.69, 9.17) is 18.9 Å². The second-order valence-corrected chi connectivity index (χ2v) is 12.6. The summed E-state index contributed by atoms with van der Waals surface area (Å²) in [6.07, 6.45) is 12.1. The summed E-state index contributed by atoms with van der Waals surface area (Å²) in [7, 11) is 1.64. The van der Waals surface area contributed by atoms with Crippen molar-refractivity contribution in [1.82, 2.24) is 0 Å². The van der Waals surface area contributed by atoms with Crippen molar-refractivity contribution < 1.29 is 34.0 Å². The smallest absolute Gasteiger partial charge is 0.162 e. The zero-order chi connectivity index (χ0) is 29.5. The number of hydrogen-bond donors (Lipinski definition) is 2. The van der Waals surface area contributed by atoms with Gasteiger partial charge in [-0.2, -0.15) is 0 Å². The van der Waals surface area contributed by atoms with Crippen molar-refractivity contribution in [2.45, 2.75) is 96.7 Å². The Morgan fingerprint density at radius 1 is 1.12 bits per heavy atom. The van der Waals surface area contributed by atoms with Gasteiger partial charge in [-0.3, -0.25) is 4.79 Å². The van der Waals surface area contributed by atoms with Gasteiger partial charge in [-0.25, -0.2) is 0 Å². The Labute approximate surface area is 245 Å². The molecule has 1 heterocycles. The van der Waals surface area contributed by atoms with Crippen molar-refractivity contribution in [3.63, 3.8) is 0 Å². The quantitative estimate of drug-likeness (QED) is 0.230. The van der Waals surface area contributed by atoms with Crippen LogP contribution in [-0.4, -0.2) is 60.9 Å². The molecule has 0 radical (unpaired) electrons. The van der Waals surface area contributed by atoms with Gasteiger partial charge in [0.1, 0.15) is 11.5 Å². The summed E-state index contributed by atoms with van der Waals surface area (Å²) in [5.41, 5.74) is 1.68. The van der Waals surface area contributed by atoms with Gasteiger partial charge in [0, 0.05) is 11.8 Å². The summed E-state index contributed by atoms with van der Waals surface area (Å²) < 4.78 is 24.5. The van der Waals surface area contributed by atoms with E-state index in [-0.39, 0.29) is 24.2 Å². The lowest BCUT2D eigenvalue weighted by Crippen LogP contribution is -2.52.